The lowest BCUT2D eigenvalue weighted by molar-refractivity contribution is -0.118. The number of thiophene rings is 1. The molecule has 0 aliphatic rings. The molecule has 0 aliphatic carbocycles. The molecule has 5 N–H and O–H groups in total. The molecular formula is C17H14FN3O4S2. The molecular weight excluding hydrogens is 393 g/mol. The number of nitrogens with one attached hydrogen (secondary N) is 2. The highest BCUT2D eigenvalue weighted by Crippen LogP contribution is 2.40. The molecule has 140 valence electrons. The van der Waals surface area contributed by atoms with Gasteiger partial charge in [0, 0.05) is 12.6 Å². The van der Waals surface area contributed by atoms with E-state index in [2.05, 4.69) is 10.3 Å². The van der Waals surface area contributed by atoms with Gasteiger partial charge in [0.15, 0.2) is 0 Å². The molecule has 0 saturated heterocycles. The smallest absolute Gasteiger partial charge is 0.252 e. The van der Waals surface area contributed by atoms with Crippen molar-refractivity contribution in [1.29, 1.82) is 0 Å². The average molecular weight is 407 g/mol. The molecule has 2 aromatic heterocycles. The number of halogens is 1. The maximum Gasteiger partial charge on any atom is 0.252 e. The van der Waals surface area contributed by atoms with E-state index in [-0.39, 0.29) is 40.9 Å². The monoisotopic (exact) mass is 407 g/mol. The van der Waals surface area contributed by atoms with Crippen LogP contribution in [0.4, 0.5) is 4.39 Å². The van der Waals surface area contributed by atoms with Gasteiger partial charge in [0.1, 0.15) is 11.6 Å². The number of benzene rings is 1. The summed E-state index contributed by atoms with van der Waals surface area (Å²) in [6.07, 6.45) is 0. The van der Waals surface area contributed by atoms with Gasteiger partial charge in [-0.1, -0.05) is 12.1 Å². The Morgan fingerprint density at radius 3 is 2.67 bits per heavy atom. The number of rotatable bonds is 6. The van der Waals surface area contributed by atoms with Crippen LogP contribution in [0.2, 0.25) is 0 Å². The topological polar surface area (TPSA) is 125 Å². The molecule has 0 spiro atoms. The number of fused-ring (bicyclic) bond motifs is 1. The number of H-pyrrole nitrogens is 1. The van der Waals surface area contributed by atoms with Gasteiger partial charge in [-0.15, -0.1) is 23.1 Å². The quantitative estimate of drug-likeness (QED) is 0.465. The number of aromatic amines is 1. The number of hydrogen-bond acceptors (Lipinski definition) is 6. The summed E-state index contributed by atoms with van der Waals surface area (Å²) in [7, 11) is 0. The number of carbonyl (C=O) groups excluding carboxylic acids is 2. The van der Waals surface area contributed by atoms with E-state index < -0.39 is 11.5 Å². The molecule has 0 saturated carbocycles. The lowest BCUT2D eigenvalue weighted by Crippen LogP contribution is -2.24. The third-order valence-corrected chi connectivity index (χ3v) is 6.09. The maximum atomic E-state index is 12.9. The minimum absolute atomic E-state index is 0.000704. The maximum absolute atomic E-state index is 12.9. The molecule has 0 aliphatic heterocycles. The second-order valence-corrected chi connectivity index (χ2v) is 7.81. The summed E-state index contributed by atoms with van der Waals surface area (Å²) in [6.45, 7) is 0.239. The van der Waals surface area contributed by atoms with Gasteiger partial charge in [-0.3, -0.25) is 14.4 Å². The predicted octanol–water partition coefficient (Wildman–Crippen LogP) is 1.94. The van der Waals surface area contributed by atoms with Gasteiger partial charge < -0.3 is 21.1 Å². The third kappa shape index (κ3) is 4.29. The number of amides is 2. The van der Waals surface area contributed by atoms with E-state index in [0.717, 1.165) is 34.7 Å². The highest BCUT2D eigenvalue weighted by molar-refractivity contribution is 8.02. The normalized spacial score (nSPS) is 10.9. The number of carbonyl (C=O) groups is 2. The van der Waals surface area contributed by atoms with Crippen LogP contribution >= 0.6 is 23.1 Å². The molecule has 10 heteroatoms. The fraction of sp³-hybridized carbons (Fsp3) is 0.118. The summed E-state index contributed by atoms with van der Waals surface area (Å²) < 4.78 is 13.6. The molecule has 2 heterocycles. The average Bonchev–Trinajstić information content (AvgIpc) is 2.98. The summed E-state index contributed by atoms with van der Waals surface area (Å²) in [5, 5.41) is 12.6. The van der Waals surface area contributed by atoms with E-state index in [9.17, 15) is 23.9 Å². The summed E-state index contributed by atoms with van der Waals surface area (Å²) in [5.74, 6) is -1.68. The zero-order valence-electron chi connectivity index (χ0n) is 13.7. The van der Waals surface area contributed by atoms with Gasteiger partial charge in [-0.2, -0.15) is 0 Å². The molecule has 1 aromatic carbocycles. The number of nitrogens with two attached hydrogens (primary N) is 1. The Balaban J connectivity index is 1.72. The fourth-order valence-corrected chi connectivity index (χ4v) is 4.65. The summed E-state index contributed by atoms with van der Waals surface area (Å²) >= 11 is 2.14. The Morgan fingerprint density at radius 2 is 2.00 bits per heavy atom. The minimum Gasteiger partial charge on any atom is -0.506 e. The van der Waals surface area contributed by atoms with Gasteiger partial charge in [0.25, 0.3) is 11.5 Å². The SMILES string of the molecule is NC(=O)c1c(SCC(=O)NCc2ccc(F)cc2)sc2c(O)cc(=O)[nH]c12. The first kappa shape index (κ1) is 18.9. The summed E-state index contributed by atoms with van der Waals surface area (Å²) in [6, 6.07) is 6.76. The lowest BCUT2D eigenvalue weighted by Gasteiger charge is -2.05. The molecule has 7 nitrogen and oxygen atoms in total. The van der Waals surface area contributed by atoms with E-state index in [1.165, 1.54) is 12.1 Å². The Kier molecular flexibility index (Phi) is 5.47. The Labute approximate surface area is 160 Å². The van der Waals surface area contributed by atoms with Crippen LogP contribution in [0.1, 0.15) is 15.9 Å². The standard InChI is InChI=1S/C17H14FN3O4S2/c18-9-3-1-8(2-4-9)6-20-12(24)7-26-17-13(16(19)25)14-15(27-17)10(22)5-11(23)21-14/h1-5H,6-7H2,(H2,19,25)(H,20,24)(H2,21,22,23). The van der Waals surface area contributed by atoms with Crippen LogP contribution in [0.5, 0.6) is 5.75 Å². The zero-order chi connectivity index (χ0) is 19.6. The van der Waals surface area contributed by atoms with Crippen molar-refractivity contribution in [2.24, 2.45) is 5.73 Å². The number of aromatic hydroxyl groups is 1. The Morgan fingerprint density at radius 1 is 1.30 bits per heavy atom. The van der Waals surface area contributed by atoms with Gasteiger partial charge in [0.05, 0.1) is 25.7 Å². The Bertz CT molecular complexity index is 1080. The first-order valence-corrected chi connectivity index (χ1v) is 9.48. The first-order valence-electron chi connectivity index (χ1n) is 7.67. The zero-order valence-corrected chi connectivity index (χ0v) is 15.4. The van der Waals surface area contributed by atoms with Crippen molar-refractivity contribution in [2.75, 3.05) is 5.75 Å². The third-order valence-electron chi connectivity index (χ3n) is 3.61. The van der Waals surface area contributed by atoms with Gasteiger partial charge in [0.2, 0.25) is 5.91 Å². The number of hydrogen-bond donors (Lipinski definition) is 4. The van der Waals surface area contributed by atoms with Crippen molar-refractivity contribution in [2.45, 2.75) is 10.8 Å². The van der Waals surface area contributed by atoms with Crippen LogP contribution in [0.3, 0.4) is 0 Å². The molecule has 3 rings (SSSR count). The van der Waals surface area contributed by atoms with Crippen LogP contribution in [0.15, 0.2) is 39.3 Å². The van der Waals surface area contributed by atoms with Crippen molar-refractivity contribution in [3.63, 3.8) is 0 Å². The minimum atomic E-state index is -0.767. The van der Waals surface area contributed by atoms with E-state index in [4.69, 9.17) is 5.73 Å². The number of aromatic nitrogens is 1. The second-order valence-electron chi connectivity index (χ2n) is 5.54. The highest BCUT2D eigenvalue weighted by Gasteiger charge is 2.21. The molecule has 0 atom stereocenters. The summed E-state index contributed by atoms with van der Waals surface area (Å²) in [4.78, 5) is 37.9. The predicted molar refractivity (Wildman–Crippen MR) is 102 cm³/mol. The first-order chi connectivity index (χ1) is 12.8. The molecule has 27 heavy (non-hydrogen) atoms. The van der Waals surface area contributed by atoms with Gasteiger partial charge in [-0.25, -0.2) is 4.39 Å². The van der Waals surface area contributed by atoms with Crippen LogP contribution in [0.25, 0.3) is 10.2 Å². The van der Waals surface area contributed by atoms with Crippen LogP contribution in [-0.4, -0.2) is 27.7 Å². The van der Waals surface area contributed by atoms with E-state index in [1.807, 2.05) is 0 Å². The second kappa shape index (κ2) is 7.80. The molecule has 0 unspecified atom stereocenters. The van der Waals surface area contributed by atoms with Crippen molar-refractivity contribution < 1.29 is 19.1 Å². The molecule has 0 bridgehead atoms. The van der Waals surface area contributed by atoms with E-state index in [0.29, 0.717) is 8.91 Å². The molecule has 3 aromatic rings. The highest BCUT2D eigenvalue weighted by atomic mass is 32.2. The van der Waals surface area contributed by atoms with Crippen LogP contribution < -0.4 is 16.6 Å². The van der Waals surface area contributed by atoms with Gasteiger partial charge >= 0.3 is 0 Å². The van der Waals surface area contributed by atoms with Crippen molar-refractivity contribution >= 4 is 45.1 Å². The van der Waals surface area contributed by atoms with E-state index in [1.54, 1.807) is 12.1 Å². The number of pyridine rings is 1. The van der Waals surface area contributed by atoms with Crippen LogP contribution in [-0.2, 0) is 11.3 Å². The van der Waals surface area contributed by atoms with Gasteiger partial charge in [-0.05, 0) is 17.7 Å². The molecule has 2 amide bonds. The Hall–Kier alpha value is -2.85. The number of primary amides is 1. The fourth-order valence-electron chi connectivity index (χ4n) is 2.37. The largest absolute Gasteiger partial charge is 0.506 e. The lowest BCUT2D eigenvalue weighted by atomic mass is 10.2. The van der Waals surface area contributed by atoms with Crippen molar-refractivity contribution in [3.05, 3.63) is 57.6 Å². The van der Waals surface area contributed by atoms with E-state index >= 15 is 0 Å². The van der Waals surface area contributed by atoms with Crippen LogP contribution in [0, 0.1) is 5.82 Å². The summed E-state index contributed by atoms with van der Waals surface area (Å²) in [5.41, 5.74) is 5.81. The molecule has 0 radical (unpaired) electrons. The molecule has 0 fully saturated rings. The van der Waals surface area contributed by atoms with Crippen molar-refractivity contribution in [3.8, 4) is 5.75 Å². The van der Waals surface area contributed by atoms with Crippen molar-refractivity contribution in [1.82, 2.24) is 10.3 Å². The number of thioether (sulfide) groups is 1.